The van der Waals surface area contributed by atoms with Crippen LogP contribution in [-0.4, -0.2) is 43.7 Å². The minimum atomic E-state index is -0.496. The van der Waals surface area contributed by atoms with E-state index in [4.69, 9.17) is 9.47 Å². The van der Waals surface area contributed by atoms with Crippen LogP contribution < -0.4 is 0 Å². The number of likely N-dealkylation sites (N-methyl/N-ethyl adjacent to an activating group) is 1. The first-order chi connectivity index (χ1) is 9.88. The summed E-state index contributed by atoms with van der Waals surface area (Å²) in [7, 11) is 3.50. The van der Waals surface area contributed by atoms with Crippen molar-refractivity contribution >= 4 is 5.91 Å². The number of hydrogen-bond acceptors (Lipinski definition) is 3. The molecule has 1 aliphatic rings. The van der Waals surface area contributed by atoms with Crippen molar-refractivity contribution in [3.05, 3.63) is 35.9 Å². The Kier molecular flexibility index (Phi) is 4.69. The second-order valence-corrected chi connectivity index (χ2v) is 6.46. The number of nitrogens with zero attached hydrogens (tertiary/aromatic N) is 1. The smallest absolute Gasteiger partial charge is 0.252 e. The van der Waals surface area contributed by atoms with Gasteiger partial charge in [0.15, 0.2) is 0 Å². The zero-order valence-electron chi connectivity index (χ0n) is 13.5. The van der Waals surface area contributed by atoms with Crippen LogP contribution in [-0.2, 0) is 14.3 Å². The molecule has 0 N–H and O–H groups in total. The largest absolute Gasteiger partial charge is 0.384 e. The summed E-state index contributed by atoms with van der Waals surface area (Å²) < 4.78 is 11.5. The maximum absolute atomic E-state index is 12.6. The molecular weight excluding hydrogens is 266 g/mol. The van der Waals surface area contributed by atoms with Gasteiger partial charge in [-0.1, -0.05) is 44.2 Å². The fourth-order valence-electron chi connectivity index (χ4n) is 2.87. The van der Waals surface area contributed by atoms with Crippen molar-refractivity contribution in [2.75, 3.05) is 20.8 Å². The van der Waals surface area contributed by atoms with Crippen molar-refractivity contribution in [2.45, 2.75) is 39.0 Å². The molecular formula is C17H25NO3. The number of ether oxygens (including phenoxy) is 2. The van der Waals surface area contributed by atoms with Crippen LogP contribution in [0.5, 0.6) is 0 Å². The fraction of sp³-hybridized carbons (Fsp3) is 0.588. The van der Waals surface area contributed by atoms with Crippen LogP contribution in [0.15, 0.2) is 30.3 Å². The van der Waals surface area contributed by atoms with E-state index in [0.29, 0.717) is 6.61 Å². The normalized spacial score (nSPS) is 27.0. The summed E-state index contributed by atoms with van der Waals surface area (Å²) in [5, 5.41) is 0. The van der Waals surface area contributed by atoms with E-state index in [-0.39, 0.29) is 23.5 Å². The van der Waals surface area contributed by atoms with Crippen molar-refractivity contribution in [3.8, 4) is 0 Å². The van der Waals surface area contributed by atoms with Gasteiger partial charge < -0.3 is 14.4 Å². The van der Waals surface area contributed by atoms with E-state index in [2.05, 4.69) is 0 Å². The molecule has 1 saturated heterocycles. The summed E-state index contributed by atoms with van der Waals surface area (Å²) in [6.07, 6.45) is -0.612. The van der Waals surface area contributed by atoms with E-state index in [1.807, 2.05) is 58.2 Å². The molecule has 4 heteroatoms. The Bertz CT molecular complexity index is 486. The van der Waals surface area contributed by atoms with Gasteiger partial charge in [-0.25, -0.2) is 0 Å². The molecule has 116 valence electrons. The molecule has 1 aromatic carbocycles. The van der Waals surface area contributed by atoms with Crippen molar-refractivity contribution in [1.29, 1.82) is 0 Å². The maximum atomic E-state index is 12.6. The van der Waals surface area contributed by atoms with Gasteiger partial charge in [0.1, 0.15) is 12.2 Å². The lowest BCUT2D eigenvalue weighted by molar-refractivity contribution is -0.187. The van der Waals surface area contributed by atoms with Gasteiger partial charge in [-0.2, -0.15) is 0 Å². The van der Waals surface area contributed by atoms with Crippen molar-refractivity contribution in [1.82, 2.24) is 4.90 Å². The second kappa shape index (κ2) is 6.16. The Labute approximate surface area is 127 Å². The number of amides is 1. The Hall–Kier alpha value is -1.39. The summed E-state index contributed by atoms with van der Waals surface area (Å²) in [5.74, 6) is 0.0248. The standard InChI is InChI=1S/C17H25NO3/c1-12-14(13-9-7-6-8-10-13)21-15(16(19)18(12)4)17(2,3)11-20-5/h6-10,12,14-15H,11H2,1-5H3/t12-,14-,15+/m0/s1. The van der Waals surface area contributed by atoms with E-state index in [1.54, 1.807) is 12.0 Å². The number of hydrogen-bond donors (Lipinski definition) is 0. The molecule has 1 amide bonds. The van der Waals surface area contributed by atoms with Crippen molar-refractivity contribution in [3.63, 3.8) is 0 Å². The molecule has 4 nitrogen and oxygen atoms in total. The Morgan fingerprint density at radius 2 is 1.90 bits per heavy atom. The summed E-state index contributed by atoms with van der Waals surface area (Å²) in [6.45, 7) is 6.51. The molecule has 0 spiro atoms. The predicted octanol–water partition coefficient (Wildman–Crippen LogP) is 2.65. The van der Waals surface area contributed by atoms with E-state index >= 15 is 0 Å². The first-order valence-electron chi connectivity index (χ1n) is 7.34. The summed E-state index contributed by atoms with van der Waals surface area (Å²) >= 11 is 0. The highest BCUT2D eigenvalue weighted by Crippen LogP contribution is 2.37. The Balaban J connectivity index is 2.30. The summed E-state index contributed by atoms with van der Waals surface area (Å²) in [5.41, 5.74) is 0.732. The van der Waals surface area contributed by atoms with E-state index < -0.39 is 6.10 Å². The first-order valence-corrected chi connectivity index (χ1v) is 7.34. The molecule has 0 saturated carbocycles. The molecule has 0 unspecified atom stereocenters. The number of methoxy groups -OCH3 is 1. The predicted molar refractivity (Wildman–Crippen MR) is 81.9 cm³/mol. The van der Waals surface area contributed by atoms with Gasteiger partial charge in [-0.15, -0.1) is 0 Å². The van der Waals surface area contributed by atoms with Crippen molar-refractivity contribution < 1.29 is 14.3 Å². The molecule has 3 atom stereocenters. The van der Waals surface area contributed by atoms with Gasteiger partial charge in [-0.3, -0.25) is 4.79 Å². The van der Waals surface area contributed by atoms with Gasteiger partial charge >= 0.3 is 0 Å². The number of carbonyl (C=O) groups excluding carboxylic acids is 1. The fourth-order valence-corrected chi connectivity index (χ4v) is 2.87. The van der Waals surface area contributed by atoms with Crippen molar-refractivity contribution in [2.24, 2.45) is 5.41 Å². The molecule has 21 heavy (non-hydrogen) atoms. The average Bonchev–Trinajstić information content (AvgIpc) is 2.45. The van der Waals surface area contributed by atoms with Crippen LogP contribution in [0.4, 0.5) is 0 Å². The molecule has 1 fully saturated rings. The van der Waals surface area contributed by atoms with Crippen LogP contribution in [0.3, 0.4) is 0 Å². The Morgan fingerprint density at radius 1 is 1.29 bits per heavy atom. The van der Waals surface area contributed by atoms with Crippen LogP contribution in [0.1, 0.15) is 32.4 Å². The quantitative estimate of drug-likeness (QED) is 0.856. The van der Waals surface area contributed by atoms with Crippen LogP contribution in [0, 0.1) is 5.41 Å². The van der Waals surface area contributed by atoms with Gasteiger partial charge in [0.05, 0.1) is 12.6 Å². The molecule has 1 aromatic rings. The number of rotatable bonds is 4. The van der Waals surface area contributed by atoms with Crippen LogP contribution in [0.25, 0.3) is 0 Å². The molecule has 0 aliphatic carbocycles. The summed E-state index contributed by atoms with van der Waals surface area (Å²) in [4.78, 5) is 14.4. The lowest BCUT2D eigenvalue weighted by atomic mass is 9.84. The molecule has 0 bridgehead atoms. The first kappa shape index (κ1) is 16.0. The zero-order chi connectivity index (χ0) is 15.6. The molecule has 1 heterocycles. The van der Waals surface area contributed by atoms with Gasteiger partial charge in [-0.05, 0) is 12.5 Å². The number of benzene rings is 1. The third kappa shape index (κ3) is 3.11. The number of carbonyl (C=O) groups is 1. The molecule has 2 rings (SSSR count). The summed E-state index contributed by atoms with van der Waals surface area (Å²) in [6, 6.07) is 10.1. The molecule has 0 aromatic heterocycles. The van der Waals surface area contributed by atoms with E-state index in [9.17, 15) is 4.79 Å². The van der Waals surface area contributed by atoms with Gasteiger partial charge in [0.25, 0.3) is 5.91 Å². The minimum absolute atomic E-state index is 0.00879. The monoisotopic (exact) mass is 291 g/mol. The minimum Gasteiger partial charge on any atom is -0.384 e. The highest BCUT2D eigenvalue weighted by molar-refractivity contribution is 5.82. The third-order valence-electron chi connectivity index (χ3n) is 4.26. The average molecular weight is 291 g/mol. The SMILES string of the molecule is COCC(C)(C)[C@@H]1O[C@H](c2ccccc2)[C@H](C)N(C)C1=O. The highest BCUT2D eigenvalue weighted by Gasteiger charge is 2.46. The lowest BCUT2D eigenvalue weighted by Gasteiger charge is -2.46. The second-order valence-electron chi connectivity index (χ2n) is 6.46. The van der Waals surface area contributed by atoms with E-state index in [0.717, 1.165) is 5.56 Å². The maximum Gasteiger partial charge on any atom is 0.252 e. The van der Waals surface area contributed by atoms with Gasteiger partial charge in [0, 0.05) is 19.6 Å². The Morgan fingerprint density at radius 3 is 2.48 bits per heavy atom. The third-order valence-corrected chi connectivity index (χ3v) is 4.26. The zero-order valence-corrected chi connectivity index (χ0v) is 13.5. The number of morpholine rings is 1. The van der Waals surface area contributed by atoms with Crippen LogP contribution >= 0.6 is 0 Å². The van der Waals surface area contributed by atoms with Gasteiger partial charge in [0.2, 0.25) is 0 Å². The topological polar surface area (TPSA) is 38.8 Å². The molecule has 1 aliphatic heterocycles. The van der Waals surface area contributed by atoms with E-state index in [1.165, 1.54) is 0 Å². The van der Waals surface area contributed by atoms with Crippen LogP contribution in [0.2, 0.25) is 0 Å². The molecule has 0 radical (unpaired) electrons. The lowest BCUT2D eigenvalue weighted by Crippen LogP contribution is -2.57. The highest BCUT2D eigenvalue weighted by atomic mass is 16.5.